The Morgan fingerprint density at radius 2 is 1.93 bits per heavy atom. The van der Waals surface area contributed by atoms with Crippen molar-refractivity contribution >= 4 is 39.0 Å². The van der Waals surface area contributed by atoms with E-state index in [1.54, 1.807) is 19.1 Å². The van der Waals surface area contributed by atoms with Crippen LogP contribution in [-0.4, -0.2) is 32.5 Å². The Bertz CT molecular complexity index is 977. The third-order valence-electron chi connectivity index (χ3n) is 3.65. The highest BCUT2D eigenvalue weighted by atomic mass is 35.5. The van der Waals surface area contributed by atoms with Crippen LogP contribution in [0.2, 0.25) is 5.02 Å². The van der Waals surface area contributed by atoms with Gasteiger partial charge in [0.25, 0.3) is 15.7 Å². The van der Waals surface area contributed by atoms with Crippen LogP contribution in [0.1, 0.15) is 12.5 Å². The molecule has 2 rings (SSSR count). The third kappa shape index (κ3) is 4.55. The quantitative estimate of drug-likeness (QED) is 0.392. The number of non-ortho nitro benzene ring substituents is 1. The molecule has 8 nitrogen and oxygen atoms in total. The van der Waals surface area contributed by atoms with Crippen LogP contribution in [0.25, 0.3) is 0 Å². The Labute approximate surface area is 161 Å². The van der Waals surface area contributed by atoms with E-state index in [-0.39, 0.29) is 27.9 Å². The molecule has 0 aromatic heterocycles. The van der Waals surface area contributed by atoms with Gasteiger partial charge in [-0.05, 0) is 31.5 Å². The van der Waals surface area contributed by atoms with Gasteiger partial charge in [-0.1, -0.05) is 29.8 Å². The SMILES string of the molecule is CCOC(=O)CN(c1ccccc1Cl)S(=O)(=O)c1cc([N+](=O)[O-])ccc1C. The molecule has 0 fully saturated rings. The lowest BCUT2D eigenvalue weighted by Gasteiger charge is -2.25. The first-order valence-electron chi connectivity index (χ1n) is 7.86. The Morgan fingerprint density at radius 1 is 1.26 bits per heavy atom. The van der Waals surface area contributed by atoms with Crippen LogP contribution in [0.5, 0.6) is 0 Å². The summed E-state index contributed by atoms with van der Waals surface area (Å²) in [5, 5.41) is 11.2. The average Bonchev–Trinajstić information content (AvgIpc) is 2.60. The van der Waals surface area contributed by atoms with Crippen LogP contribution in [0.3, 0.4) is 0 Å². The number of carbonyl (C=O) groups is 1. The number of anilines is 1. The maximum absolute atomic E-state index is 13.3. The number of halogens is 1. The van der Waals surface area contributed by atoms with Crippen LogP contribution in [0.4, 0.5) is 11.4 Å². The van der Waals surface area contributed by atoms with Gasteiger partial charge in [0, 0.05) is 12.1 Å². The monoisotopic (exact) mass is 412 g/mol. The largest absolute Gasteiger partial charge is 0.465 e. The van der Waals surface area contributed by atoms with E-state index in [4.69, 9.17) is 16.3 Å². The van der Waals surface area contributed by atoms with E-state index in [1.807, 2.05) is 0 Å². The number of ether oxygens (including phenoxy) is 1. The molecule has 0 saturated heterocycles. The fourth-order valence-electron chi connectivity index (χ4n) is 2.38. The van der Waals surface area contributed by atoms with Crippen LogP contribution < -0.4 is 4.31 Å². The van der Waals surface area contributed by atoms with Crippen molar-refractivity contribution in [1.29, 1.82) is 0 Å². The molecule has 0 saturated carbocycles. The molecule has 27 heavy (non-hydrogen) atoms. The highest BCUT2D eigenvalue weighted by Crippen LogP contribution is 2.32. The number of esters is 1. The van der Waals surface area contributed by atoms with Crippen molar-refractivity contribution in [1.82, 2.24) is 0 Å². The number of aryl methyl sites for hydroxylation is 1. The van der Waals surface area contributed by atoms with Gasteiger partial charge in [-0.2, -0.15) is 0 Å². The lowest BCUT2D eigenvalue weighted by molar-refractivity contribution is -0.385. The molecule has 0 spiro atoms. The number of hydrogen-bond acceptors (Lipinski definition) is 6. The summed E-state index contributed by atoms with van der Waals surface area (Å²) in [7, 11) is -4.33. The number of carbonyl (C=O) groups excluding carboxylic acids is 1. The van der Waals surface area contributed by atoms with Gasteiger partial charge in [-0.25, -0.2) is 8.42 Å². The van der Waals surface area contributed by atoms with Crippen LogP contribution >= 0.6 is 11.6 Å². The number of rotatable bonds is 7. The number of nitrogens with zero attached hydrogens (tertiary/aromatic N) is 2. The molecule has 0 radical (unpaired) electrons. The fourth-order valence-corrected chi connectivity index (χ4v) is 4.34. The molecule has 0 aliphatic carbocycles. The van der Waals surface area contributed by atoms with Gasteiger partial charge < -0.3 is 4.74 Å². The molecule has 0 N–H and O–H groups in total. The molecule has 0 atom stereocenters. The van der Waals surface area contributed by atoms with E-state index in [9.17, 15) is 23.3 Å². The van der Waals surface area contributed by atoms with E-state index < -0.39 is 27.5 Å². The zero-order valence-electron chi connectivity index (χ0n) is 14.6. The van der Waals surface area contributed by atoms with Gasteiger partial charge in [0.2, 0.25) is 0 Å². The van der Waals surface area contributed by atoms with Crippen molar-refractivity contribution in [3.63, 3.8) is 0 Å². The Morgan fingerprint density at radius 3 is 2.52 bits per heavy atom. The smallest absolute Gasteiger partial charge is 0.326 e. The van der Waals surface area contributed by atoms with Crippen molar-refractivity contribution < 1.29 is 22.9 Å². The van der Waals surface area contributed by atoms with E-state index in [0.29, 0.717) is 5.56 Å². The molecule has 0 aliphatic heterocycles. The fraction of sp³-hybridized carbons (Fsp3) is 0.235. The Kier molecular flexibility index (Phi) is 6.40. The predicted molar refractivity (Wildman–Crippen MR) is 100 cm³/mol. The number of hydrogen-bond donors (Lipinski definition) is 0. The molecule has 2 aromatic carbocycles. The number of nitro groups is 1. The summed E-state index contributed by atoms with van der Waals surface area (Å²) < 4.78 is 32.2. The molecule has 2 aromatic rings. The molecule has 144 valence electrons. The second-order valence-electron chi connectivity index (χ2n) is 5.48. The molecular weight excluding hydrogens is 396 g/mol. The summed E-state index contributed by atoms with van der Waals surface area (Å²) >= 11 is 6.13. The molecule has 0 aliphatic rings. The maximum Gasteiger partial charge on any atom is 0.326 e. The topological polar surface area (TPSA) is 107 Å². The van der Waals surface area contributed by atoms with Crippen molar-refractivity contribution in [3.8, 4) is 0 Å². The first kappa shape index (κ1) is 20.7. The Hall–Kier alpha value is -2.65. The minimum Gasteiger partial charge on any atom is -0.465 e. The highest BCUT2D eigenvalue weighted by molar-refractivity contribution is 7.93. The minimum atomic E-state index is -4.33. The van der Waals surface area contributed by atoms with Gasteiger partial charge in [-0.15, -0.1) is 0 Å². The standard InChI is InChI=1S/C17H17ClN2O6S/c1-3-26-17(21)11-19(15-7-5-4-6-14(15)18)27(24,25)16-10-13(20(22)23)9-8-12(16)2/h4-10H,3,11H2,1-2H3. The van der Waals surface area contributed by atoms with Gasteiger partial charge in [0.1, 0.15) is 6.54 Å². The van der Waals surface area contributed by atoms with Crippen LogP contribution in [-0.2, 0) is 19.6 Å². The van der Waals surface area contributed by atoms with E-state index in [0.717, 1.165) is 10.4 Å². The highest BCUT2D eigenvalue weighted by Gasteiger charge is 2.31. The normalized spacial score (nSPS) is 11.1. The number of benzene rings is 2. The summed E-state index contributed by atoms with van der Waals surface area (Å²) in [6.45, 7) is 2.55. The second kappa shape index (κ2) is 8.36. The minimum absolute atomic E-state index is 0.0677. The number of sulfonamides is 1. The summed E-state index contributed by atoms with van der Waals surface area (Å²) in [5.74, 6) is -0.774. The third-order valence-corrected chi connectivity index (χ3v) is 5.87. The maximum atomic E-state index is 13.3. The summed E-state index contributed by atoms with van der Waals surface area (Å²) in [4.78, 5) is 22.1. The van der Waals surface area contributed by atoms with Gasteiger partial charge in [0.15, 0.2) is 0 Å². The zero-order valence-corrected chi connectivity index (χ0v) is 16.2. The van der Waals surface area contributed by atoms with Crippen LogP contribution in [0, 0.1) is 17.0 Å². The lowest BCUT2D eigenvalue weighted by atomic mass is 10.2. The zero-order chi connectivity index (χ0) is 20.2. The van der Waals surface area contributed by atoms with Gasteiger partial charge in [-0.3, -0.25) is 19.2 Å². The molecule has 0 unspecified atom stereocenters. The molecule has 0 amide bonds. The van der Waals surface area contributed by atoms with Crippen molar-refractivity contribution in [2.45, 2.75) is 18.7 Å². The van der Waals surface area contributed by atoms with E-state index >= 15 is 0 Å². The van der Waals surface area contributed by atoms with E-state index in [1.165, 1.54) is 31.2 Å². The summed E-state index contributed by atoms with van der Waals surface area (Å²) in [6, 6.07) is 9.59. The van der Waals surface area contributed by atoms with Gasteiger partial charge >= 0.3 is 5.97 Å². The summed E-state index contributed by atoms with van der Waals surface area (Å²) in [6.07, 6.45) is 0. The molecule has 0 heterocycles. The molecular formula is C17H17ClN2O6S. The molecule has 0 bridgehead atoms. The average molecular weight is 413 g/mol. The summed E-state index contributed by atoms with van der Waals surface area (Å²) in [5.41, 5.74) is -0.0194. The van der Waals surface area contributed by atoms with Gasteiger partial charge in [0.05, 0.1) is 27.1 Å². The second-order valence-corrected chi connectivity index (χ2v) is 7.71. The first-order valence-corrected chi connectivity index (χ1v) is 9.68. The predicted octanol–water partition coefficient (Wildman–Crippen LogP) is 3.32. The number of nitro benzene ring substituents is 1. The lowest BCUT2D eigenvalue weighted by Crippen LogP contribution is -2.37. The van der Waals surface area contributed by atoms with Crippen LogP contribution in [0.15, 0.2) is 47.4 Å². The molecule has 10 heteroatoms. The van der Waals surface area contributed by atoms with Crippen molar-refractivity contribution in [2.75, 3.05) is 17.5 Å². The Balaban J connectivity index is 2.64. The van der Waals surface area contributed by atoms with Crippen molar-refractivity contribution in [2.24, 2.45) is 0 Å². The number of para-hydroxylation sites is 1. The van der Waals surface area contributed by atoms with E-state index in [2.05, 4.69) is 0 Å². The van der Waals surface area contributed by atoms with Crippen molar-refractivity contribution in [3.05, 3.63) is 63.2 Å². The first-order chi connectivity index (χ1) is 12.7.